The number of carbonyl (C=O) groups is 1. The highest BCUT2D eigenvalue weighted by molar-refractivity contribution is 6.04. The van der Waals surface area contributed by atoms with Gasteiger partial charge in [0, 0.05) is 18.1 Å². The van der Waals surface area contributed by atoms with Crippen LogP contribution in [0.3, 0.4) is 0 Å². The molecule has 4 rings (SSSR count). The molecule has 0 aliphatic heterocycles. The second kappa shape index (κ2) is 6.95. The van der Waals surface area contributed by atoms with E-state index in [9.17, 15) is 9.59 Å². The third-order valence-electron chi connectivity index (χ3n) is 4.61. The molecular weight excluding hydrogens is 330 g/mol. The van der Waals surface area contributed by atoms with Crippen LogP contribution in [-0.4, -0.2) is 25.4 Å². The fourth-order valence-corrected chi connectivity index (χ4v) is 3.23. The third-order valence-corrected chi connectivity index (χ3v) is 4.61. The van der Waals surface area contributed by atoms with E-state index in [1.54, 1.807) is 47.7 Å². The quantitative estimate of drug-likeness (QED) is 0.711. The van der Waals surface area contributed by atoms with Crippen molar-refractivity contribution < 1.29 is 4.79 Å². The standard InChI is InChI=1S/C19H19N5O2/c25-18(15-10-13-4-2-1-3-5-16(13)23-19(15)26)22-14-6-7-17(21-11-14)24-9-8-20-12-24/h6-12H,1-5H2,(H,22,25)(H,23,26). The summed E-state index contributed by atoms with van der Waals surface area (Å²) in [5.41, 5.74) is 2.37. The van der Waals surface area contributed by atoms with E-state index in [0.29, 0.717) is 11.5 Å². The summed E-state index contributed by atoms with van der Waals surface area (Å²) in [6.07, 6.45) is 11.7. The lowest BCUT2D eigenvalue weighted by Crippen LogP contribution is -2.25. The minimum Gasteiger partial charge on any atom is -0.325 e. The molecule has 0 bridgehead atoms. The fraction of sp³-hybridized carbons (Fsp3) is 0.263. The molecule has 1 amide bonds. The lowest BCUT2D eigenvalue weighted by Gasteiger charge is -2.09. The minimum atomic E-state index is -0.421. The number of nitrogens with one attached hydrogen (secondary N) is 2. The van der Waals surface area contributed by atoms with Crippen LogP contribution in [0.1, 0.15) is 40.9 Å². The van der Waals surface area contributed by atoms with Gasteiger partial charge >= 0.3 is 0 Å². The number of H-pyrrole nitrogens is 1. The van der Waals surface area contributed by atoms with Gasteiger partial charge in [-0.2, -0.15) is 0 Å². The predicted octanol–water partition coefficient (Wildman–Crippen LogP) is 2.48. The second-order valence-electron chi connectivity index (χ2n) is 6.41. The highest BCUT2D eigenvalue weighted by Crippen LogP contribution is 2.19. The van der Waals surface area contributed by atoms with Crippen LogP contribution < -0.4 is 10.9 Å². The topological polar surface area (TPSA) is 92.7 Å². The van der Waals surface area contributed by atoms with E-state index in [1.807, 2.05) is 0 Å². The molecule has 7 nitrogen and oxygen atoms in total. The number of amides is 1. The van der Waals surface area contributed by atoms with E-state index in [2.05, 4.69) is 20.3 Å². The molecule has 0 saturated carbocycles. The van der Waals surface area contributed by atoms with Gasteiger partial charge in [0.05, 0.1) is 11.9 Å². The van der Waals surface area contributed by atoms with E-state index < -0.39 is 5.91 Å². The van der Waals surface area contributed by atoms with Gasteiger partial charge in [0.2, 0.25) is 0 Å². The summed E-state index contributed by atoms with van der Waals surface area (Å²) in [5, 5.41) is 2.75. The molecule has 0 atom stereocenters. The zero-order chi connectivity index (χ0) is 17.9. The second-order valence-corrected chi connectivity index (χ2v) is 6.41. The Labute approximate surface area is 150 Å². The zero-order valence-electron chi connectivity index (χ0n) is 14.2. The zero-order valence-corrected chi connectivity index (χ0v) is 14.2. The maximum Gasteiger partial charge on any atom is 0.261 e. The van der Waals surface area contributed by atoms with Crippen molar-refractivity contribution in [1.29, 1.82) is 0 Å². The molecule has 3 heterocycles. The van der Waals surface area contributed by atoms with E-state index >= 15 is 0 Å². The predicted molar refractivity (Wildman–Crippen MR) is 97.6 cm³/mol. The summed E-state index contributed by atoms with van der Waals surface area (Å²) >= 11 is 0. The summed E-state index contributed by atoms with van der Waals surface area (Å²) in [7, 11) is 0. The Hall–Kier alpha value is -3.22. The highest BCUT2D eigenvalue weighted by atomic mass is 16.2. The Bertz CT molecular complexity index is 974. The normalized spacial score (nSPS) is 13.7. The third kappa shape index (κ3) is 3.28. The largest absolute Gasteiger partial charge is 0.325 e. The Morgan fingerprint density at radius 3 is 2.85 bits per heavy atom. The summed E-state index contributed by atoms with van der Waals surface area (Å²) in [6.45, 7) is 0. The molecule has 3 aromatic rings. The number of hydrogen-bond acceptors (Lipinski definition) is 4. The lowest BCUT2D eigenvalue weighted by atomic mass is 10.1. The van der Waals surface area contributed by atoms with Crippen molar-refractivity contribution in [2.75, 3.05) is 5.32 Å². The smallest absolute Gasteiger partial charge is 0.261 e. The molecule has 0 fully saturated rings. The van der Waals surface area contributed by atoms with E-state index in [1.165, 1.54) is 0 Å². The molecule has 0 saturated heterocycles. The van der Waals surface area contributed by atoms with Gasteiger partial charge in [-0.3, -0.25) is 14.2 Å². The first-order chi connectivity index (χ1) is 12.7. The van der Waals surface area contributed by atoms with Gasteiger partial charge in [-0.25, -0.2) is 9.97 Å². The summed E-state index contributed by atoms with van der Waals surface area (Å²) in [5.74, 6) is 0.277. The molecule has 7 heteroatoms. The van der Waals surface area contributed by atoms with E-state index in [4.69, 9.17) is 0 Å². The number of anilines is 1. The van der Waals surface area contributed by atoms with Crippen LogP contribution >= 0.6 is 0 Å². The number of pyridine rings is 2. The van der Waals surface area contributed by atoms with Crippen LogP contribution in [0.2, 0.25) is 0 Å². The van der Waals surface area contributed by atoms with Crippen molar-refractivity contribution in [3.63, 3.8) is 0 Å². The molecule has 1 aliphatic carbocycles. The van der Waals surface area contributed by atoms with Crippen molar-refractivity contribution in [1.82, 2.24) is 19.5 Å². The van der Waals surface area contributed by atoms with Crippen LogP contribution in [-0.2, 0) is 12.8 Å². The van der Waals surface area contributed by atoms with Crippen LogP contribution in [0.4, 0.5) is 5.69 Å². The van der Waals surface area contributed by atoms with Gasteiger partial charge in [0.15, 0.2) is 0 Å². The molecule has 26 heavy (non-hydrogen) atoms. The number of imidazole rings is 1. The first kappa shape index (κ1) is 16.3. The van der Waals surface area contributed by atoms with E-state index in [0.717, 1.165) is 43.4 Å². The van der Waals surface area contributed by atoms with Gasteiger partial charge in [0.1, 0.15) is 17.7 Å². The first-order valence-corrected chi connectivity index (χ1v) is 8.71. The summed E-state index contributed by atoms with van der Waals surface area (Å²) in [4.78, 5) is 36.0. The van der Waals surface area contributed by atoms with Crippen LogP contribution in [0.15, 0.2) is 47.9 Å². The average Bonchev–Trinajstić information content (AvgIpc) is 3.08. The number of carbonyl (C=O) groups excluding carboxylic acids is 1. The molecule has 0 radical (unpaired) electrons. The van der Waals surface area contributed by atoms with Crippen molar-refractivity contribution in [2.24, 2.45) is 0 Å². The maximum absolute atomic E-state index is 12.5. The van der Waals surface area contributed by atoms with Gasteiger partial charge < -0.3 is 10.3 Å². The molecule has 0 unspecified atom stereocenters. The Morgan fingerprint density at radius 1 is 1.19 bits per heavy atom. The van der Waals surface area contributed by atoms with Crippen molar-refractivity contribution >= 4 is 11.6 Å². The first-order valence-electron chi connectivity index (χ1n) is 8.71. The van der Waals surface area contributed by atoms with E-state index in [-0.39, 0.29) is 11.1 Å². The molecular formula is C19H19N5O2. The molecule has 3 aromatic heterocycles. The monoisotopic (exact) mass is 349 g/mol. The summed E-state index contributed by atoms with van der Waals surface area (Å²) in [6, 6.07) is 5.26. The molecule has 1 aliphatic rings. The number of aromatic nitrogens is 4. The average molecular weight is 349 g/mol. The van der Waals surface area contributed by atoms with Gasteiger partial charge in [-0.15, -0.1) is 0 Å². The van der Waals surface area contributed by atoms with Crippen molar-refractivity contribution in [2.45, 2.75) is 32.1 Å². The molecule has 0 spiro atoms. The summed E-state index contributed by atoms with van der Waals surface area (Å²) < 4.78 is 1.77. The Morgan fingerprint density at radius 2 is 2.08 bits per heavy atom. The van der Waals surface area contributed by atoms with Crippen LogP contribution in [0.5, 0.6) is 0 Å². The van der Waals surface area contributed by atoms with Crippen molar-refractivity contribution in [3.8, 4) is 5.82 Å². The molecule has 2 N–H and O–H groups in total. The number of rotatable bonds is 3. The minimum absolute atomic E-state index is 0.143. The number of aryl methyl sites for hydroxylation is 2. The lowest BCUT2D eigenvalue weighted by molar-refractivity contribution is 0.102. The number of aromatic amines is 1. The SMILES string of the molecule is O=C(Nc1ccc(-n2ccnc2)nc1)c1cc2c([nH]c1=O)CCCCC2. The van der Waals surface area contributed by atoms with Crippen molar-refractivity contribution in [3.05, 3.63) is 70.3 Å². The number of fused-ring (bicyclic) bond motifs is 1. The van der Waals surface area contributed by atoms with Gasteiger partial charge in [-0.05, 0) is 49.4 Å². The fourth-order valence-electron chi connectivity index (χ4n) is 3.23. The van der Waals surface area contributed by atoms with Gasteiger partial charge in [-0.1, -0.05) is 6.42 Å². The van der Waals surface area contributed by atoms with Crippen LogP contribution in [0, 0.1) is 0 Å². The Kier molecular flexibility index (Phi) is 4.35. The van der Waals surface area contributed by atoms with Gasteiger partial charge in [0.25, 0.3) is 11.5 Å². The highest BCUT2D eigenvalue weighted by Gasteiger charge is 2.16. The molecule has 0 aromatic carbocycles. The molecule has 132 valence electrons. The Balaban J connectivity index is 1.55. The number of nitrogens with zero attached hydrogens (tertiary/aromatic N) is 3. The number of hydrogen-bond donors (Lipinski definition) is 2. The van der Waals surface area contributed by atoms with Crippen LogP contribution in [0.25, 0.3) is 5.82 Å². The maximum atomic E-state index is 12.5.